The first-order valence-corrected chi connectivity index (χ1v) is 12.7. The van der Waals surface area contributed by atoms with Crippen LogP contribution >= 0.6 is 23.2 Å². The van der Waals surface area contributed by atoms with Gasteiger partial charge >= 0.3 is 0 Å². The number of methoxy groups -OCH3 is 1. The summed E-state index contributed by atoms with van der Waals surface area (Å²) in [7, 11) is -2.07. The van der Waals surface area contributed by atoms with Gasteiger partial charge in [0.05, 0.1) is 31.6 Å². The molecule has 174 valence electrons. The number of para-hydroxylation sites is 1. The van der Waals surface area contributed by atoms with E-state index in [1.165, 1.54) is 4.31 Å². The molecular formula is C24H24Cl2N2O4S. The molecule has 0 aromatic heterocycles. The van der Waals surface area contributed by atoms with Crippen molar-refractivity contribution in [2.45, 2.75) is 19.5 Å². The van der Waals surface area contributed by atoms with Gasteiger partial charge in [-0.1, -0.05) is 47.5 Å². The summed E-state index contributed by atoms with van der Waals surface area (Å²) in [5.41, 5.74) is 2.14. The molecule has 0 aliphatic heterocycles. The summed E-state index contributed by atoms with van der Waals surface area (Å²) >= 11 is 12.5. The Kier molecular flexibility index (Phi) is 7.89. The fourth-order valence-corrected chi connectivity index (χ4v) is 4.77. The summed E-state index contributed by atoms with van der Waals surface area (Å²) in [5, 5.41) is 3.68. The first-order valence-electron chi connectivity index (χ1n) is 10.1. The third-order valence-corrected chi connectivity index (χ3v) is 6.98. The monoisotopic (exact) mass is 506 g/mol. The minimum Gasteiger partial charge on any atom is -0.496 e. The molecule has 9 heteroatoms. The highest BCUT2D eigenvalue weighted by atomic mass is 35.5. The summed E-state index contributed by atoms with van der Waals surface area (Å²) in [6, 6.07) is 18.5. The first kappa shape index (κ1) is 24.9. The number of amides is 1. The molecule has 0 saturated heterocycles. The minimum atomic E-state index is -3.64. The lowest BCUT2D eigenvalue weighted by Gasteiger charge is -2.24. The molecule has 1 N–H and O–H groups in total. The van der Waals surface area contributed by atoms with E-state index in [0.29, 0.717) is 32.6 Å². The van der Waals surface area contributed by atoms with Crippen molar-refractivity contribution < 1.29 is 17.9 Å². The second-order valence-corrected chi connectivity index (χ2v) is 10.2. The van der Waals surface area contributed by atoms with E-state index in [1.807, 2.05) is 31.2 Å². The number of benzene rings is 3. The molecule has 0 saturated carbocycles. The number of nitrogens with zero attached hydrogens (tertiary/aromatic N) is 1. The third-order valence-electron chi connectivity index (χ3n) is 5.13. The van der Waals surface area contributed by atoms with E-state index in [-0.39, 0.29) is 18.5 Å². The number of carbonyl (C=O) groups is 1. The van der Waals surface area contributed by atoms with Crippen LogP contribution in [0.25, 0.3) is 0 Å². The number of sulfonamides is 1. The Labute approximate surface area is 204 Å². The van der Waals surface area contributed by atoms with Crippen LogP contribution in [0.4, 0.5) is 5.69 Å². The van der Waals surface area contributed by atoms with Crippen LogP contribution in [0.1, 0.15) is 34.5 Å². The average Bonchev–Trinajstić information content (AvgIpc) is 2.78. The Hall–Kier alpha value is -2.74. The van der Waals surface area contributed by atoms with Gasteiger partial charge in [-0.3, -0.25) is 9.10 Å². The van der Waals surface area contributed by atoms with Crippen LogP contribution in [0.3, 0.4) is 0 Å². The van der Waals surface area contributed by atoms with Crippen LogP contribution in [-0.2, 0) is 16.6 Å². The van der Waals surface area contributed by atoms with Gasteiger partial charge in [0.1, 0.15) is 5.75 Å². The standard InChI is InChI=1S/C24H24Cl2N2O4S/c1-16(19-7-4-5-10-23(19)32-2)27-24(29)17-11-13-18(14-12-17)28(33(3,30)31)15-20-21(25)8-6-9-22(20)26/h4-14,16H,15H2,1-3H3,(H,27,29)/t16-/m1/s1. The molecule has 1 amide bonds. The molecule has 3 rings (SSSR count). The Morgan fingerprint density at radius 3 is 2.18 bits per heavy atom. The van der Waals surface area contributed by atoms with Gasteiger partial charge in [0, 0.05) is 26.7 Å². The van der Waals surface area contributed by atoms with Gasteiger partial charge in [-0.2, -0.15) is 0 Å². The number of rotatable bonds is 8. The summed E-state index contributed by atoms with van der Waals surface area (Å²) in [4.78, 5) is 12.8. The second-order valence-electron chi connectivity index (χ2n) is 7.45. The molecule has 0 heterocycles. The maximum absolute atomic E-state index is 12.8. The van der Waals surface area contributed by atoms with Gasteiger partial charge < -0.3 is 10.1 Å². The van der Waals surface area contributed by atoms with E-state index in [4.69, 9.17) is 27.9 Å². The summed E-state index contributed by atoms with van der Waals surface area (Å²) in [5.74, 6) is 0.391. The molecule has 0 aliphatic rings. The zero-order valence-electron chi connectivity index (χ0n) is 18.4. The van der Waals surface area contributed by atoms with E-state index in [2.05, 4.69) is 5.32 Å². The first-order chi connectivity index (χ1) is 15.6. The number of ether oxygens (including phenoxy) is 1. The van der Waals surface area contributed by atoms with Gasteiger partial charge in [0.2, 0.25) is 10.0 Å². The maximum Gasteiger partial charge on any atom is 0.251 e. The molecular weight excluding hydrogens is 483 g/mol. The summed E-state index contributed by atoms with van der Waals surface area (Å²) in [6.07, 6.45) is 1.10. The van der Waals surface area contributed by atoms with Crippen LogP contribution in [0.2, 0.25) is 10.0 Å². The van der Waals surface area contributed by atoms with Crippen LogP contribution < -0.4 is 14.4 Å². The van der Waals surface area contributed by atoms with Crippen LogP contribution in [0.5, 0.6) is 5.75 Å². The Morgan fingerprint density at radius 1 is 1.00 bits per heavy atom. The van der Waals surface area contributed by atoms with E-state index in [0.717, 1.165) is 11.8 Å². The molecule has 0 unspecified atom stereocenters. The van der Waals surface area contributed by atoms with E-state index in [9.17, 15) is 13.2 Å². The van der Waals surface area contributed by atoms with Crippen LogP contribution in [0.15, 0.2) is 66.7 Å². The zero-order chi connectivity index (χ0) is 24.2. The third kappa shape index (κ3) is 5.99. The van der Waals surface area contributed by atoms with Crippen molar-refractivity contribution in [3.8, 4) is 5.75 Å². The van der Waals surface area contributed by atoms with Crippen molar-refractivity contribution in [3.05, 3.63) is 93.5 Å². The molecule has 0 radical (unpaired) electrons. The van der Waals surface area contributed by atoms with Crippen molar-refractivity contribution in [1.82, 2.24) is 5.32 Å². The summed E-state index contributed by atoms with van der Waals surface area (Å²) in [6.45, 7) is 1.83. The minimum absolute atomic E-state index is 0.0340. The Balaban J connectivity index is 1.81. The second kappa shape index (κ2) is 10.5. The number of halogens is 2. The van der Waals surface area contributed by atoms with Gasteiger partial charge in [-0.25, -0.2) is 8.42 Å². The lowest BCUT2D eigenvalue weighted by Crippen LogP contribution is -2.30. The highest BCUT2D eigenvalue weighted by molar-refractivity contribution is 7.92. The van der Waals surface area contributed by atoms with E-state index in [1.54, 1.807) is 49.6 Å². The normalized spacial score (nSPS) is 12.2. The van der Waals surface area contributed by atoms with Gasteiger partial charge in [0.15, 0.2) is 0 Å². The lowest BCUT2D eigenvalue weighted by molar-refractivity contribution is 0.0939. The number of hydrogen-bond donors (Lipinski definition) is 1. The predicted molar refractivity (Wildman–Crippen MR) is 133 cm³/mol. The molecule has 0 spiro atoms. The fraction of sp³-hybridized carbons (Fsp3) is 0.208. The highest BCUT2D eigenvalue weighted by Gasteiger charge is 2.21. The van der Waals surface area contributed by atoms with Crippen molar-refractivity contribution in [3.63, 3.8) is 0 Å². The SMILES string of the molecule is COc1ccccc1[C@@H](C)NC(=O)c1ccc(N(Cc2c(Cl)cccc2Cl)S(C)(=O)=O)cc1. The zero-order valence-corrected chi connectivity index (χ0v) is 20.7. The van der Waals surface area contributed by atoms with E-state index >= 15 is 0 Å². The molecule has 0 fully saturated rings. The average molecular weight is 507 g/mol. The number of anilines is 1. The van der Waals surface area contributed by atoms with E-state index < -0.39 is 10.0 Å². The topological polar surface area (TPSA) is 75.7 Å². The smallest absolute Gasteiger partial charge is 0.251 e. The molecule has 3 aromatic rings. The number of hydrogen-bond acceptors (Lipinski definition) is 4. The van der Waals surface area contributed by atoms with Crippen molar-refractivity contribution in [2.24, 2.45) is 0 Å². The van der Waals surface area contributed by atoms with Crippen molar-refractivity contribution in [2.75, 3.05) is 17.7 Å². The maximum atomic E-state index is 12.8. The predicted octanol–water partition coefficient (Wildman–Crippen LogP) is 5.46. The van der Waals surface area contributed by atoms with Gasteiger partial charge in [-0.05, 0) is 49.4 Å². The molecule has 0 bridgehead atoms. The highest BCUT2D eigenvalue weighted by Crippen LogP contribution is 2.29. The number of nitrogens with one attached hydrogen (secondary N) is 1. The largest absolute Gasteiger partial charge is 0.496 e. The quantitative estimate of drug-likeness (QED) is 0.440. The molecule has 33 heavy (non-hydrogen) atoms. The van der Waals surface area contributed by atoms with Gasteiger partial charge in [-0.15, -0.1) is 0 Å². The Morgan fingerprint density at radius 2 is 1.61 bits per heavy atom. The van der Waals surface area contributed by atoms with Crippen molar-refractivity contribution >= 4 is 44.8 Å². The molecule has 1 atom stereocenters. The number of carbonyl (C=O) groups excluding carboxylic acids is 1. The molecule has 3 aromatic carbocycles. The molecule has 6 nitrogen and oxygen atoms in total. The Bertz CT molecular complexity index is 1230. The van der Waals surface area contributed by atoms with Crippen molar-refractivity contribution in [1.29, 1.82) is 0 Å². The van der Waals surface area contributed by atoms with Gasteiger partial charge in [0.25, 0.3) is 5.91 Å². The molecule has 0 aliphatic carbocycles. The lowest BCUT2D eigenvalue weighted by atomic mass is 10.1. The summed E-state index contributed by atoms with van der Waals surface area (Å²) < 4.78 is 31.5. The fourth-order valence-electron chi connectivity index (χ4n) is 3.39. The van der Waals surface area contributed by atoms with Crippen LogP contribution in [-0.4, -0.2) is 27.7 Å². The van der Waals surface area contributed by atoms with Crippen LogP contribution in [0, 0.1) is 0 Å².